The van der Waals surface area contributed by atoms with Gasteiger partial charge in [0, 0.05) is 0 Å². The van der Waals surface area contributed by atoms with E-state index >= 15 is 0 Å². The average molecular weight is 204 g/mol. The van der Waals surface area contributed by atoms with Crippen molar-refractivity contribution in [1.29, 1.82) is 0 Å². The van der Waals surface area contributed by atoms with E-state index in [1.165, 1.54) is 0 Å². The Morgan fingerprint density at radius 2 is 1.86 bits per heavy atom. The lowest BCUT2D eigenvalue weighted by molar-refractivity contribution is -0.146. The first-order chi connectivity index (χ1) is 6.31. The highest BCUT2D eigenvalue weighted by Crippen LogP contribution is 2.21. The predicted octanol–water partition coefficient (Wildman–Crippen LogP) is -1.47. The van der Waals surface area contributed by atoms with Crippen molar-refractivity contribution < 1.29 is 9.90 Å². The highest BCUT2D eigenvalue weighted by Gasteiger charge is 2.48. The lowest BCUT2D eigenvalue weighted by Crippen LogP contribution is -2.74. The summed E-state index contributed by atoms with van der Waals surface area (Å²) in [5.41, 5.74) is 19.3. The van der Waals surface area contributed by atoms with Crippen molar-refractivity contribution in [3.63, 3.8) is 0 Å². The van der Waals surface area contributed by atoms with Gasteiger partial charge in [0.05, 0.1) is 5.66 Å². The average Bonchev–Trinajstić information content (AvgIpc) is 2.13. The first-order valence-corrected chi connectivity index (χ1v) is 4.62. The van der Waals surface area contributed by atoms with E-state index in [0.29, 0.717) is 19.4 Å². The standard InChI is InChI=1S/C8H20N4O2/c1-2-8(11,12)7(10,6(13)14)4-3-5-9/h2-5,9-12H2,1H3,(H,13,14). The molecule has 0 fully saturated rings. The van der Waals surface area contributed by atoms with Crippen LogP contribution in [0.15, 0.2) is 0 Å². The zero-order valence-electron chi connectivity index (χ0n) is 8.49. The summed E-state index contributed by atoms with van der Waals surface area (Å²) in [6.07, 6.45) is 0.957. The van der Waals surface area contributed by atoms with Gasteiger partial charge in [-0.05, 0) is 25.8 Å². The monoisotopic (exact) mass is 204 g/mol. The smallest absolute Gasteiger partial charge is 0.327 e. The first-order valence-electron chi connectivity index (χ1n) is 4.62. The Morgan fingerprint density at radius 1 is 1.36 bits per heavy atom. The molecule has 84 valence electrons. The van der Waals surface area contributed by atoms with E-state index in [2.05, 4.69) is 0 Å². The Labute approximate surface area is 83.6 Å². The molecule has 9 N–H and O–H groups in total. The van der Waals surface area contributed by atoms with Gasteiger partial charge in [-0.3, -0.25) is 4.79 Å². The van der Waals surface area contributed by atoms with E-state index in [1.54, 1.807) is 6.92 Å². The fourth-order valence-corrected chi connectivity index (χ4v) is 1.24. The van der Waals surface area contributed by atoms with Gasteiger partial charge in [-0.1, -0.05) is 6.92 Å². The Bertz CT molecular complexity index is 208. The fourth-order valence-electron chi connectivity index (χ4n) is 1.24. The molecule has 0 aliphatic heterocycles. The predicted molar refractivity (Wildman–Crippen MR) is 54.2 cm³/mol. The van der Waals surface area contributed by atoms with Crippen LogP contribution < -0.4 is 22.9 Å². The number of hydrogen-bond acceptors (Lipinski definition) is 5. The van der Waals surface area contributed by atoms with Gasteiger partial charge in [0.25, 0.3) is 0 Å². The maximum Gasteiger partial charge on any atom is 0.327 e. The van der Waals surface area contributed by atoms with Crippen LogP contribution in [-0.4, -0.2) is 28.8 Å². The third kappa shape index (κ3) is 2.42. The molecule has 0 heterocycles. The van der Waals surface area contributed by atoms with Gasteiger partial charge in [0.2, 0.25) is 0 Å². The molecule has 0 aromatic rings. The normalized spacial score (nSPS) is 16.4. The molecule has 0 rings (SSSR count). The molecule has 0 aliphatic carbocycles. The number of hydrogen-bond donors (Lipinski definition) is 5. The lowest BCUT2D eigenvalue weighted by Gasteiger charge is -2.39. The van der Waals surface area contributed by atoms with E-state index in [0.717, 1.165) is 0 Å². The summed E-state index contributed by atoms with van der Waals surface area (Å²) in [5, 5.41) is 9.00. The maximum absolute atomic E-state index is 11.0. The topological polar surface area (TPSA) is 141 Å². The van der Waals surface area contributed by atoms with Gasteiger partial charge in [-0.15, -0.1) is 0 Å². The Balaban J connectivity index is 4.80. The number of carboxylic acids is 1. The molecule has 0 amide bonds. The molecular formula is C8H20N4O2. The molecule has 1 atom stereocenters. The molecular weight excluding hydrogens is 184 g/mol. The van der Waals surface area contributed by atoms with E-state index in [4.69, 9.17) is 28.0 Å². The zero-order chi connectivity index (χ0) is 11.4. The molecule has 14 heavy (non-hydrogen) atoms. The van der Waals surface area contributed by atoms with Crippen molar-refractivity contribution in [2.24, 2.45) is 22.9 Å². The number of rotatable bonds is 6. The minimum Gasteiger partial charge on any atom is -0.480 e. The van der Waals surface area contributed by atoms with Crippen LogP contribution in [0.3, 0.4) is 0 Å². The van der Waals surface area contributed by atoms with Gasteiger partial charge in [-0.2, -0.15) is 0 Å². The van der Waals surface area contributed by atoms with Gasteiger partial charge < -0.3 is 28.0 Å². The van der Waals surface area contributed by atoms with Crippen LogP contribution in [0, 0.1) is 0 Å². The quantitative estimate of drug-likeness (QED) is 0.334. The third-order valence-electron chi connectivity index (χ3n) is 2.57. The van der Waals surface area contributed by atoms with Crippen molar-refractivity contribution >= 4 is 5.97 Å². The molecule has 0 radical (unpaired) electrons. The minimum atomic E-state index is -1.61. The van der Waals surface area contributed by atoms with E-state index in [1.807, 2.05) is 0 Å². The van der Waals surface area contributed by atoms with E-state index in [-0.39, 0.29) is 6.42 Å². The number of carbonyl (C=O) groups is 1. The summed E-state index contributed by atoms with van der Waals surface area (Å²) in [6.45, 7) is 2.07. The van der Waals surface area contributed by atoms with Crippen molar-refractivity contribution in [3.8, 4) is 0 Å². The second-order valence-electron chi connectivity index (χ2n) is 3.56. The van der Waals surface area contributed by atoms with Crippen LogP contribution in [-0.2, 0) is 4.79 Å². The number of carboxylic acid groups (broad SMARTS) is 1. The maximum atomic E-state index is 11.0. The Hall–Kier alpha value is -0.690. The van der Waals surface area contributed by atoms with Gasteiger partial charge in [-0.25, -0.2) is 0 Å². The highest BCUT2D eigenvalue weighted by molar-refractivity contribution is 5.80. The largest absolute Gasteiger partial charge is 0.480 e. The molecule has 0 bridgehead atoms. The van der Waals surface area contributed by atoms with Crippen LogP contribution in [0.1, 0.15) is 26.2 Å². The van der Waals surface area contributed by atoms with Crippen LogP contribution in [0.25, 0.3) is 0 Å². The van der Waals surface area contributed by atoms with Crippen molar-refractivity contribution in [2.45, 2.75) is 37.4 Å². The summed E-state index contributed by atoms with van der Waals surface area (Å²) in [5.74, 6) is -1.18. The van der Waals surface area contributed by atoms with Crippen molar-refractivity contribution in [1.82, 2.24) is 0 Å². The number of aliphatic carboxylic acids is 1. The molecule has 6 nitrogen and oxygen atoms in total. The Kier molecular flexibility index (Phi) is 4.47. The lowest BCUT2D eigenvalue weighted by atomic mass is 9.80. The SMILES string of the molecule is CCC(N)(N)C(N)(CCCN)C(=O)O. The molecule has 0 saturated carbocycles. The molecule has 1 unspecified atom stereocenters. The summed E-state index contributed by atoms with van der Waals surface area (Å²) in [6, 6.07) is 0. The molecule has 0 spiro atoms. The highest BCUT2D eigenvalue weighted by atomic mass is 16.4. The summed E-state index contributed by atoms with van der Waals surface area (Å²) in [4.78, 5) is 11.0. The third-order valence-corrected chi connectivity index (χ3v) is 2.57. The van der Waals surface area contributed by atoms with Crippen LogP contribution in [0.4, 0.5) is 0 Å². The van der Waals surface area contributed by atoms with Crippen molar-refractivity contribution in [3.05, 3.63) is 0 Å². The summed E-state index contributed by atoms with van der Waals surface area (Å²) < 4.78 is 0. The number of nitrogens with two attached hydrogens (primary N) is 4. The molecule has 0 aromatic carbocycles. The van der Waals surface area contributed by atoms with Gasteiger partial charge >= 0.3 is 5.97 Å². The fraction of sp³-hybridized carbons (Fsp3) is 0.875. The molecule has 0 aliphatic rings. The summed E-state index contributed by atoms with van der Waals surface area (Å²) in [7, 11) is 0. The zero-order valence-corrected chi connectivity index (χ0v) is 8.49. The van der Waals surface area contributed by atoms with Crippen LogP contribution in [0.2, 0.25) is 0 Å². The Morgan fingerprint density at radius 3 is 2.14 bits per heavy atom. The van der Waals surface area contributed by atoms with Crippen molar-refractivity contribution in [2.75, 3.05) is 6.54 Å². The second-order valence-corrected chi connectivity index (χ2v) is 3.56. The molecule has 6 heteroatoms. The van der Waals surface area contributed by atoms with Gasteiger partial charge in [0.15, 0.2) is 0 Å². The molecule has 0 aromatic heterocycles. The van der Waals surface area contributed by atoms with Crippen LogP contribution >= 0.6 is 0 Å². The summed E-state index contributed by atoms with van der Waals surface area (Å²) >= 11 is 0. The van der Waals surface area contributed by atoms with Gasteiger partial charge in [0.1, 0.15) is 5.54 Å². The second kappa shape index (κ2) is 4.70. The first kappa shape index (κ1) is 13.3. The van der Waals surface area contributed by atoms with E-state index < -0.39 is 17.2 Å². The minimum absolute atomic E-state index is 0.180. The van der Waals surface area contributed by atoms with Crippen LogP contribution in [0.5, 0.6) is 0 Å². The van der Waals surface area contributed by atoms with E-state index in [9.17, 15) is 4.79 Å². The molecule has 0 saturated heterocycles.